The predicted molar refractivity (Wildman–Crippen MR) is 103 cm³/mol. The highest BCUT2D eigenvalue weighted by molar-refractivity contribution is 5.86. The fraction of sp³-hybridized carbons (Fsp3) is 0.368. The van der Waals surface area contributed by atoms with E-state index >= 15 is 0 Å². The van der Waals surface area contributed by atoms with E-state index in [1.54, 1.807) is 12.3 Å². The summed E-state index contributed by atoms with van der Waals surface area (Å²) in [6.45, 7) is 3.92. The molecular weight excluding hydrogens is 360 g/mol. The summed E-state index contributed by atoms with van der Waals surface area (Å²) in [5, 5.41) is 16.7. The Hall–Kier alpha value is -3.20. The van der Waals surface area contributed by atoms with E-state index in [1.165, 1.54) is 0 Å². The van der Waals surface area contributed by atoms with Gasteiger partial charge in [-0.05, 0) is 20.0 Å². The van der Waals surface area contributed by atoms with Gasteiger partial charge in [0.05, 0.1) is 11.6 Å². The molecule has 28 heavy (non-hydrogen) atoms. The van der Waals surface area contributed by atoms with E-state index in [0.717, 1.165) is 35.5 Å². The van der Waals surface area contributed by atoms with Gasteiger partial charge in [-0.25, -0.2) is 14.8 Å². The highest BCUT2D eigenvalue weighted by atomic mass is 16.5. The Bertz CT molecular complexity index is 998. The van der Waals surface area contributed by atoms with Crippen molar-refractivity contribution in [3.63, 3.8) is 0 Å². The van der Waals surface area contributed by atoms with Gasteiger partial charge in [0.1, 0.15) is 17.4 Å². The van der Waals surface area contributed by atoms with Crippen LogP contribution in [0.2, 0.25) is 0 Å². The summed E-state index contributed by atoms with van der Waals surface area (Å²) in [5.74, 6) is 1.25. The SMILES string of the molecule is Cc1nc(N2CC(N(C)Cc3ccccc3OCC(=O)O)C2)c2cn[nH]c2n1. The second-order valence-electron chi connectivity index (χ2n) is 6.99. The van der Waals surface area contributed by atoms with Gasteiger partial charge >= 0.3 is 5.97 Å². The number of aromatic amines is 1. The molecule has 3 heterocycles. The van der Waals surface area contributed by atoms with Crippen LogP contribution >= 0.6 is 0 Å². The Kier molecular flexibility index (Phi) is 4.82. The number of carbonyl (C=O) groups is 1. The van der Waals surface area contributed by atoms with Crippen LogP contribution in [0.15, 0.2) is 30.5 Å². The van der Waals surface area contributed by atoms with Crippen molar-refractivity contribution in [2.24, 2.45) is 0 Å². The summed E-state index contributed by atoms with van der Waals surface area (Å²) in [5.41, 5.74) is 1.73. The largest absolute Gasteiger partial charge is 0.482 e. The van der Waals surface area contributed by atoms with Gasteiger partial charge in [-0.3, -0.25) is 10.00 Å². The molecule has 1 aromatic carbocycles. The zero-order valence-corrected chi connectivity index (χ0v) is 15.8. The standard InChI is InChI=1S/C19H22N6O3/c1-12-21-18-15(7-20-23-18)19(22-12)25-9-14(10-25)24(2)8-13-5-3-4-6-16(13)28-11-17(26)27/h3-7,14H,8-11H2,1-2H3,(H,26,27)(H,20,21,22,23). The van der Waals surface area contributed by atoms with E-state index in [2.05, 4.69) is 37.0 Å². The van der Waals surface area contributed by atoms with Gasteiger partial charge < -0.3 is 14.7 Å². The van der Waals surface area contributed by atoms with Gasteiger partial charge in [-0.1, -0.05) is 18.2 Å². The molecule has 4 rings (SSSR count). The average molecular weight is 382 g/mol. The maximum Gasteiger partial charge on any atom is 0.341 e. The van der Waals surface area contributed by atoms with E-state index in [0.29, 0.717) is 24.2 Å². The number of anilines is 1. The second kappa shape index (κ2) is 7.43. The molecule has 0 aliphatic carbocycles. The quantitative estimate of drug-likeness (QED) is 0.632. The Labute approximate surface area is 162 Å². The molecular formula is C19H22N6O3. The van der Waals surface area contributed by atoms with Crippen LogP contribution in [0.5, 0.6) is 5.75 Å². The number of likely N-dealkylation sites (N-methyl/N-ethyl adjacent to an activating group) is 1. The van der Waals surface area contributed by atoms with Gasteiger partial charge in [-0.2, -0.15) is 5.10 Å². The Morgan fingerprint density at radius 3 is 2.93 bits per heavy atom. The normalized spacial score (nSPS) is 14.5. The van der Waals surface area contributed by atoms with Crippen molar-refractivity contribution in [3.05, 3.63) is 41.9 Å². The number of fused-ring (bicyclic) bond motifs is 1. The molecule has 9 nitrogen and oxygen atoms in total. The lowest BCUT2D eigenvalue weighted by Gasteiger charge is -2.45. The molecule has 3 aromatic rings. The minimum atomic E-state index is -0.983. The number of ether oxygens (including phenoxy) is 1. The number of aryl methyl sites for hydroxylation is 1. The highest BCUT2D eigenvalue weighted by Gasteiger charge is 2.32. The zero-order valence-electron chi connectivity index (χ0n) is 15.8. The molecule has 0 bridgehead atoms. The highest BCUT2D eigenvalue weighted by Crippen LogP contribution is 2.29. The molecule has 9 heteroatoms. The third-order valence-electron chi connectivity index (χ3n) is 4.93. The molecule has 1 fully saturated rings. The van der Waals surface area contributed by atoms with Crippen molar-refractivity contribution in [2.45, 2.75) is 19.5 Å². The smallest absolute Gasteiger partial charge is 0.341 e. The Balaban J connectivity index is 1.41. The second-order valence-corrected chi connectivity index (χ2v) is 6.99. The van der Waals surface area contributed by atoms with E-state index in [4.69, 9.17) is 9.84 Å². The molecule has 2 aromatic heterocycles. The van der Waals surface area contributed by atoms with Gasteiger partial charge in [0, 0.05) is 31.2 Å². The van der Waals surface area contributed by atoms with Crippen molar-refractivity contribution in [3.8, 4) is 5.75 Å². The van der Waals surface area contributed by atoms with Crippen LogP contribution in [0.3, 0.4) is 0 Å². The van der Waals surface area contributed by atoms with Gasteiger partial charge in [0.2, 0.25) is 0 Å². The summed E-state index contributed by atoms with van der Waals surface area (Å²) in [7, 11) is 2.06. The number of aromatic nitrogens is 4. The number of benzene rings is 1. The third-order valence-corrected chi connectivity index (χ3v) is 4.93. The lowest BCUT2D eigenvalue weighted by molar-refractivity contribution is -0.139. The Morgan fingerprint density at radius 2 is 2.14 bits per heavy atom. The van der Waals surface area contributed by atoms with Crippen molar-refractivity contribution in [2.75, 3.05) is 31.6 Å². The molecule has 2 N–H and O–H groups in total. The van der Waals surface area contributed by atoms with E-state index < -0.39 is 5.97 Å². The fourth-order valence-corrected chi connectivity index (χ4v) is 3.39. The number of rotatable bonds is 7. The third kappa shape index (κ3) is 3.61. The van der Waals surface area contributed by atoms with Crippen molar-refractivity contribution < 1.29 is 14.6 Å². The van der Waals surface area contributed by atoms with Crippen LogP contribution in [0.25, 0.3) is 11.0 Å². The van der Waals surface area contributed by atoms with E-state index in [1.807, 2.05) is 25.1 Å². The van der Waals surface area contributed by atoms with E-state index in [-0.39, 0.29) is 6.61 Å². The summed E-state index contributed by atoms with van der Waals surface area (Å²) < 4.78 is 5.41. The number of H-pyrrole nitrogens is 1. The summed E-state index contributed by atoms with van der Waals surface area (Å²) in [6.07, 6.45) is 1.76. The molecule has 0 saturated carbocycles. The summed E-state index contributed by atoms with van der Waals surface area (Å²) >= 11 is 0. The first-order valence-corrected chi connectivity index (χ1v) is 9.06. The molecule has 1 aliphatic rings. The van der Waals surface area contributed by atoms with Crippen LogP contribution in [0.1, 0.15) is 11.4 Å². The minimum Gasteiger partial charge on any atom is -0.482 e. The zero-order chi connectivity index (χ0) is 19.7. The lowest BCUT2D eigenvalue weighted by Crippen LogP contribution is -2.58. The average Bonchev–Trinajstić information content (AvgIpc) is 3.08. The monoisotopic (exact) mass is 382 g/mol. The number of nitrogens with zero attached hydrogens (tertiary/aromatic N) is 5. The molecule has 0 radical (unpaired) electrons. The van der Waals surface area contributed by atoms with Crippen LogP contribution in [-0.2, 0) is 11.3 Å². The first kappa shape index (κ1) is 18.2. The minimum absolute atomic E-state index is 0.342. The number of carboxylic acid groups (broad SMARTS) is 1. The number of para-hydroxylation sites is 1. The van der Waals surface area contributed by atoms with Crippen molar-refractivity contribution in [1.82, 2.24) is 25.1 Å². The molecule has 1 saturated heterocycles. The van der Waals surface area contributed by atoms with Crippen LogP contribution in [0.4, 0.5) is 5.82 Å². The number of hydrogen-bond acceptors (Lipinski definition) is 7. The van der Waals surface area contributed by atoms with E-state index in [9.17, 15) is 4.79 Å². The maximum absolute atomic E-state index is 10.8. The summed E-state index contributed by atoms with van der Waals surface area (Å²) in [4.78, 5) is 24.2. The van der Waals surface area contributed by atoms with Crippen LogP contribution in [0, 0.1) is 6.92 Å². The molecule has 0 atom stereocenters. The molecule has 146 valence electrons. The van der Waals surface area contributed by atoms with Crippen LogP contribution < -0.4 is 9.64 Å². The van der Waals surface area contributed by atoms with Gasteiger partial charge in [-0.15, -0.1) is 0 Å². The topological polar surface area (TPSA) is 107 Å². The first-order valence-electron chi connectivity index (χ1n) is 9.06. The molecule has 0 unspecified atom stereocenters. The lowest BCUT2D eigenvalue weighted by atomic mass is 10.1. The van der Waals surface area contributed by atoms with Crippen molar-refractivity contribution in [1.29, 1.82) is 0 Å². The van der Waals surface area contributed by atoms with Gasteiger partial charge in [0.25, 0.3) is 0 Å². The molecule has 0 amide bonds. The van der Waals surface area contributed by atoms with Crippen LogP contribution in [-0.4, -0.2) is 68.9 Å². The Morgan fingerprint density at radius 1 is 1.36 bits per heavy atom. The van der Waals surface area contributed by atoms with Crippen molar-refractivity contribution >= 4 is 22.8 Å². The molecule has 0 spiro atoms. The fourth-order valence-electron chi connectivity index (χ4n) is 3.39. The predicted octanol–water partition coefficient (Wildman–Crippen LogP) is 1.45. The maximum atomic E-state index is 10.8. The first-order chi connectivity index (χ1) is 13.5. The number of carboxylic acids is 1. The number of aliphatic carboxylic acids is 1. The molecule has 1 aliphatic heterocycles. The summed E-state index contributed by atoms with van der Waals surface area (Å²) in [6, 6.07) is 7.92. The number of hydrogen-bond donors (Lipinski definition) is 2. The number of nitrogens with one attached hydrogen (secondary N) is 1. The van der Waals surface area contributed by atoms with Gasteiger partial charge in [0.15, 0.2) is 12.3 Å².